The maximum atomic E-state index is 11.6. The summed E-state index contributed by atoms with van der Waals surface area (Å²) in [5.41, 5.74) is 0.533. The molecule has 21 heavy (non-hydrogen) atoms. The summed E-state index contributed by atoms with van der Waals surface area (Å²) in [5, 5.41) is 0. The third-order valence-corrected chi connectivity index (χ3v) is 2.82. The highest BCUT2D eigenvalue weighted by atomic mass is 16.7. The lowest BCUT2D eigenvalue weighted by molar-refractivity contribution is -0.159. The lowest BCUT2D eigenvalue weighted by atomic mass is 9.98. The summed E-state index contributed by atoms with van der Waals surface area (Å²) in [4.78, 5) is 11.6. The van der Waals surface area contributed by atoms with Gasteiger partial charge in [0.25, 0.3) is 0 Å². The number of rotatable bonds is 6. The Morgan fingerprint density at radius 1 is 1.14 bits per heavy atom. The van der Waals surface area contributed by atoms with Gasteiger partial charge in [0.1, 0.15) is 12.4 Å². The van der Waals surface area contributed by atoms with Crippen molar-refractivity contribution >= 4 is 5.97 Å². The summed E-state index contributed by atoms with van der Waals surface area (Å²) in [5.74, 6) is 1.27. The van der Waals surface area contributed by atoms with Gasteiger partial charge in [0, 0.05) is 0 Å². The fourth-order valence-corrected chi connectivity index (χ4v) is 1.33. The summed E-state index contributed by atoms with van der Waals surface area (Å²) in [6, 6.07) is 7.50. The number of carbonyl (C=O) groups is 1. The first-order chi connectivity index (χ1) is 9.82. The normalized spacial score (nSPS) is 12.0. The first-order valence-electron chi connectivity index (χ1n) is 6.97. The second-order valence-electron chi connectivity index (χ2n) is 5.78. The van der Waals surface area contributed by atoms with E-state index in [9.17, 15) is 4.79 Å². The molecule has 4 heteroatoms. The molecule has 0 radical (unpaired) electrons. The van der Waals surface area contributed by atoms with Crippen LogP contribution in [0.5, 0.6) is 5.75 Å². The third-order valence-electron chi connectivity index (χ3n) is 2.82. The Kier molecular flexibility index (Phi) is 6.28. The number of hydrogen-bond donors (Lipinski definition) is 0. The molecule has 0 unspecified atom stereocenters. The fraction of sp³-hybridized carbons (Fsp3) is 0.471. The second-order valence-corrected chi connectivity index (χ2v) is 5.78. The van der Waals surface area contributed by atoms with Crippen LogP contribution >= 0.6 is 0 Å². The number of allylic oxidation sites excluding steroid dienone is 2. The van der Waals surface area contributed by atoms with Gasteiger partial charge >= 0.3 is 5.97 Å². The summed E-state index contributed by atoms with van der Waals surface area (Å²) < 4.78 is 15.9. The van der Waals surface area contributed by atoms with Gasteiger partial charge in [-0.15, -0.1) is 0 Å². The fourth-order valence-electron chi connectivity index (χ4n) is 1.33. The first kappa shape index (κ1) is 17.1. The molecule has 0 fully saturated rings. The van der Waals surface area contributed by atoms with E-state index in [0.717, 1.165) is 11.3 Å². The lowest BCUT2D eigenvalue weighted by Gasteiger charge is -2.16. The second kappa shape index (κ2) is 7.72. The number of hydrogen-bond acceptors (Lipinski definition) is 4. The highest BCUT2D eigenvalue weighted by Crippen LogP contribution is 2.17. The van der Waals surface area contributed by atoms with Crippen LogP contribution in [0.15, 0.2) is 36.1 Å². The Bertz CT molecular complexity index is 481. The highest BCUT2D eigenvalue weighted by molar-refractivity contribution is 5.75. The Labute approximate surface area is 126 Å². The number of benzene rings is 1. The van der Waals surface area contributed by atoms with Crippen molar-refractivity contribution in [2.24, 2.45) is 5.41 Å². The maximum absolute atomic E-state index is 11.6. The van der Waals surface area contributed by atoms with Crippen molar-refractivity contribution in [1.82, 2.24) is 0 Å². The average molecular weight is 292 g/mol. The van der Waals surface area contributed by atoms with E-state index in [1.807, 2.05) is 44.2 Å². The van der Waals surface area contributed by atoms with Crippen molar-refractivity contribution in [3.63, 3.8) is 0 Å². The number of carbonyl (C=O) groups excluding carboxylic acids is 1. The van der Waals surface area contributed by atoms with Gasteiger partial charge in [-0.1, -0.05) is 12.1 Å². The van der Waals surface area contributed by atoms with Crippen LogP contribution in [0.1, 0.15) is 40.2 Å². The van der Waals surface area contributed by atoms with Crippen molar-refractivity contribution in [3.8, 4) is 5.75 Å². The van der Waals surface area contributed by atoms with Crippen LogP contribution in [0.25, 0.3) is 0 Å². The van der Waals surface area contributed by atoms with Crippen molar-refractivity contribution in [3.05, 3.63) is 41.7 Å². The minimum Gasteiger partial charge on any atom is -0.494 e. The molecule has 1 aromatic carbocycles. The Balaban J connectivity index is 2.39. The Morgan fingerprint density at radius 3 is 2.29 bits per heavy atom. The van der Waals surface area contributed by atoms with Crippen LogP contribution in [-0.2, 0) is 20.9 Å². The van der Waals surface area contributed by atoms with E-state index in [2.05, 4.69) is 0 Å². The quantitative estimate of drug-likeness (QED) is 0.451. The lowest BCUT2D eigenvalue weighted by Crippen LogP contribution is -2.24. The van der Waals surface area contributed by atoms with Crippen LogP contribution in [0.4, 0.5) is 0 Å². The molecule has 0 heterocycles. The Morgan fingerprint density at radius 2 is 1.76 bits per heavy atom. The summed E-state index contributed by atoms with van der Waals surface area (Å²) in [6.45, 7) is 9.70. The molecule has 0 N–H and O–H groups in total. The van der Waals surface area contributed by atoms with Crippen LogP contribution in [0.3, 0.4) is 0 Å². The molecule has 1 rings (SSSR count). The first-order valence-corrected chi connectivity index (χ1v) is 6.97. The molecule has 116 valence electrons. The van der Waals surface area contributed by atoms with Crippen molar-refractivity contribution in [2.45, 2.75) is 41.2 Å². The zero-order valence-corrected chi connectivity index (χ0v) is 13.4. The predicted octanol–water partition coefficient (Wildman–Crippen LogP) is 4.05. The van der Waals surface area contributed by atoms with Crippen molar-refractivity contribution in [2.75, 3.05) is 6.79 Å². The van der Waals surface area contributed by atoms with Gasteiger partial charge in [-0.05, 0) is 58.4 Å². The van der Waals surface area contributed by atoms with Gasteiger partial charge in [0.05, 0.1) is 11.2 Å². The topological polar surface area (TPSA) is 44.8 Å². The molecule has 0 saturated carbocycles. The minimum atomic E-state index is -0.519. The van der Waals surface area contributed by atoms with E-state index in [1.54, 1.807) is 20.8 Å². The molecule has 0 aromatic heterocycles. The molecule has 1 aromatic rings. The van der Waals surface area contributed by atoms with Gasteiger partial charge in [-0.2, -0.15) is 0 Å². The zero-order valence-electron chi connectivity index (χ0n) is 13.4. The molecular formula is C17H24O4. The van der Waals surface area contributed by atoms with Gasteiger partial charge in [0.2, 0.25) is 6.79 Å². The molecule has 0 aliphatic rings. The molecule has 0 aliphatic carbocycles. The standard InChI is InChI=1S/C17H24O4/c1-6-13(2)19-11-14-7-9-15(10-8-14)20-12-21-16(18)17(3,4)5/h6-10H,11-12H2,1-5H3/b13-6-. The molecular weight excluding hydrogens is 268 g/mol. The largest absolute Gasteiger partial charge is 0.494 e. The number of ether oxygens (including phenoxy) is 3. The van der Waals surface area contributed by atoms with E-state index in [0.29, 0.717) is 12.4 Å². The number of esters is 1. The van der Waals surface area contributed by atoms with Crippen molar-refractivity contribution < 1.29 is 19.0 Å². The monoisotopic (exact) mass is 292 g/mol. The van der Waals surface area contributed by atoms with E-state index >= 15 is 0 Å². The van der Waals surface area contributed by atoms with Gasteiger partial charge in [-0.3, -0.25) is 4.79 Å². The van der Waals surface area contributed by atoms with E-state index in [1.165, 1.54) is 0 Å². The SMILES string of the molecule is C/C=C(/C)OCc1ccc(OCOC(=O)C(C)(C)C)cc1. The molecule has 4 nitrogen and oxygen atoms in total. The zero-order chi connectivity index (χ0) is 15.9. The molecule has 0 aliphatic heterocycles. The van der Waals surface area contributed by atoms with E-state index < -0.39 is 5.41 Å². The van der Waals surface area contributed by atoms with Gasteiger partial charge < -0.3 is 14.2 Å². The molecule has 0 saturated heterocycles. The van der Waals surface area contributed by atoms with E-state index in [-0.39, 0.29) is 12.8 Å². The van der Waals surface area contributed by atoms with Gasteiger partial charge in [-0.25, -0.2) is 0 Å². The van der Waals surface area contributed by atoms with Gasteiger partial charge in [0.15, 0.2) is 0 Å². The van der Waals surface area contributed by atoms with E-state index in [4.69, 9.17) is 14.2 Å². The molecule has 0 atom stereocenters. The molecule has 0 amide bonds. The molecule has 0 spiro atoms. The average Bonchev–Trinajstić information content (AvgIpc) is 2.44. The maximum Gasteiger partial charge on any atom is 0.314 e. The van der Waals surface area contributed by atoms with Crippen LogP contribution in [0, 0.1) is 5.41 Å². The third kappa shape index (κ3) is 6.34. The van der Waals surface area contributed by atoms with Crippen LogP contribution < -0.4 is 4.74 Å². The summed E-state index contributed by atoms with van der Waals surface area (Å²) >= 11 is 0. The van der Waals surface area contributed by atoms with Crippen LogP contribution in [-0.4, -0.2) is 12.8 Å². The van der Waals surface area contributed by atoms with Crippen molar-refractivity contribution in [1.29, 1.82) is 0 Å². The minimum absolute atomic E-state index is 0.0797. The van der Waals surface area contributed by atoms with Crippen LogP contribution in [0.2, 0.25) is 0 Å². The Hall–Kier alpha value is -1.97. The predicted molar refractivity (Wildman–Crippen MR) is 81.7 cm³/mol. The summed E-state index contributed by atoms with van der Waals surface area (Å²) in [6.07, 6.45) is 1.92. The highest BCUT2D eigenvalue weighted by Gasteiger charge is 2.22. The molecule has 0 bridgehead atoms. The smallest absolute Gasteiger partial charge is 0.314 e. The summed E-state index contributed by atoms with van der Waals surface area (Å²) in [7, 11) is 0.